The zero-order valence-electron chi connectivity index (χ0n) is 22.4. The van der Waals surface area contributed by atoms with Gasteiger partial charge in [-0.3, -0.25) is 0 Å². The van der Waals surface area contributed by atoms with Crippen LogP contribution < -0.4 is 4.74 Å². The fourth-order valence-corrected chi connectivity index (χ4v) is 4.04. The summed E-state index contributed by atoms with van der Waals surface area (Å²) in [4.78, 5) is 8.99. The van der Waals surface area contributed by atoms with Crippen molar-refractivity contribution < 1.29 is 9.47 Å². The molecule has 0 saturated carbocycles. The van der Waals surface area contributed by atoms with Crippen molar-refractivity contribution in [3.05, 3.63) is 54.4 Å². The van der Waals surface area contributed by atoms with Gasteiger partial charge in [0.25, 0.3) is 0 Å². The fraction of sp³-hybridized carbons (Fsp3) is 0.613. The Morgan fingerprint density at radius 2 is 1.37 bits per heavy atom. The van der Waals surface area contributed by atoms with Crippen molar-refractivity contribution in [1.29, 1.82) is 0 Å². The quantitative estimate of drug-likeness (QED) is 0.132. The van der Waals surface area contributed by atoms with Crippen LogP contribution in [-0.4, -0.2) is 29.8 Å². The minimum atomic E-state index is 0.569. The van der Waals surface area contributed by atoms with E-state index in [9.17, 15) is 0 Å². The van der Waals surface area contributed by atoms with E-state index in [0.29, 0.717) is 12.4 Å². The predicted octanol–water partition coefficient (Wildman–Crippen LogP) is 8.75. The summed E-state index contributed by atoms with van der Waals surface area (Å²) in [5.41, 5.74) is 2.42. The van der Waals surface area contributed by atoms with Crippen molar-refractivity contribution in [1.82, 2.24) is 9.97 Å². The molecule has 1 heterocycles. The second-order valence-electron chi connectivity index (χ2n) is 9.41. The van der Waals surface area contributed by atoms with Gasteiger partial charge in [0, 0.05) is 18.8 Å². The van der Waals surface area contributed by atoms with Gasteiger partial charge in [0.1, 0.15) is 6.61 Å². The first-order valence-electron chi connectivity index (χ1n) is 14.1. The Hall–Kier alpha value is -2.20. The first-order chi connectivity index (χ1) is 17.3. The highest BCUT2D eigenvalue weighted by molar-refractivity contribution is 5.55. The molecule has 2 rings (SSSR count). The van der Waals surface area contributed by atoms with Gasteiger partial charge in [0.15, 0.2) is 11.6 Å². The molecule has 194 valence electrons. The third kappa shape index (κ3) is 14.1. The minimum Gasteiger partial charge on any atom is -0.486 e. The van der Waals surface area contributed by atoms with Crippen LogP contribution in [0, 0.1) is 0 Å². The van der Waals surface area contributed by atoms with E-state index in [1.54, 1.807) is 12.4 Å². The molecule has 0 spiro atoms. The van der Waals surface area contributed by atoms with E-state index >= 15 is 0 Å². The molecule has 0 atom stereocenters. The molecule has 35 heavy (non-hydrogen) atoms. The zero-order valence-corrected chi connectivity index (χ0v) is 22.4. The lowest BCUT2D eigenvalue weighted by molar-refractivity contribution is 0.130. The van der Waals surface area contributed by atoms with Crippen molar-refractivity contribution >= 4 is 0 Å². The molecular formula is C31H48N2O2. The number of nitrogens with zero attached hydrogens (tertiary/aromatic N) is 2. The number of hydrogen-bond acceptors (Lipinski definition) is 4. The van der Waals surface area contributed by atoms with E-state index in [1.807, 2.05) is 0 Å². The summed E-state index contributed by atoms with van der Waals surface area (Å²) in [5, 5.41) is 0. The van der Waals surface area contributed by atoms with Crippen molar-refractivity contribution in [2.24, 2.45) is 0 Å². The maximum absolute atomic E-state index is 5.76. The Morgan fingerprint density at radius 1 is 0.686 bits per heavy atom. The van der Waals surface area contributed by atoms with Gasteiger partial charge >= 0.3 is 0 Å². The molecule has 2 aromatic rings. The van der Waals surface area contributed by atoms with E-state index in [-0.39, 0.29) is 0 Å². The summed E-state index contributed by atoms with van der Waals surface area (Å²) in [5.74, 6) is 1.46. The molecule has 4 nitrogen and oxygen atoms in total. The number of rotatable bonds is 21. The average Bonchev–Trinajstić information content (AvgIpc) is 2.89. The van der Waals surface area contributed by atoms with Crippen LogP contribution in [0.2, 0.25) is 0 Å². The van der Waals surface area contributed by atoms with Crippen LogP contribution in [0.5, 0.6) is 5.75 Å². The monoisotopic (exact) mass is 480 g/mol. The third-order valence-corrected chi connectivity index (χ3v) is 6.18. The van der Waals surface area contributed by atoms with Crippen molar-refractivity contribution in [3.63, 3.8) is 0 Å². The fourth-order valence-electron chi connectivity index (χ4n) is 4.04. The first-order valence-corrected chi connectivity index (χ1v) is 14.1. The molecule has 0 saturated heterocycles. The molecule has 0 fully saturated rings. The van der Waals surface area contributed by atoms with E-state index < -0.39 is 0 Å². The summed E-state index contributed by atoms with van der Waals surface area (Å²) < 4.78 is 11.3. The SMILES string of the molecule is CCCCCCCCCC=CCOc1cnc(-c2ccc(CCCCCCOCCC)cc2)nc1. The molecule has 0 unspecified atom stereocenters. The van der Waals surface area contributed by atoms with E-state index in [1.165, 1.54) is 76.2 Å². The number of aryl methyl sites for hydroxylation is 1. The summed E-state index contributed by atoms with van der Waals surface area (Å²) in [7, 11) is 0. The molecule has 0 amide bonds. The molecule has 0 radical (unpaired) electrons. The van der Waals surface area contributed by atoms with Crippen LogP contribution in [0.15, 0.2) is 48.8 Å². The van der Waals surface area contributed by atoms with Gasteiger partial charge in [-0.25, -0.2) is 9.97 Å². The lowest BCUT2D eigenvalue weighted by atomic mass is 10.0. The van der Waals surface area contributed by atoms with Crippen LogP contribution in [0.25, 0.3) is 11.4 Å². The van der Waals surface area contributed by atoms with Crippen LogP contribution in [0.3, 0.4) is 0 Å². The molecule has 0 aliphatic carbocycles. The Kier molecular flexibility index (Phi) is 16.6. The average molecular weight is 481 g/mol. The standard InChI is InChI=1S/C31H48N2O2/c1-3-5-6-7-8-9-10-11-13-17-25-35-30-26-32-31(33-27-30)29-21-19-28(20-22-29)18-15-12-14-16-24-34-23-4-2/h13,17,19-22,26-27H,3-12,14-16,18,23-25H2,1-2H3. The normalized spacial score (nSPS) is 11.4. The molecule has 0 aliphatic heterocycles. The van der Waals surface area contributed by atoms with E-state index in [4.69, 9.17) is 9.47 Å². The first kappa shape index (κ1) is 29.0. The van der Waals surface area contributed by atoms with Gasteiger partial charge in [-0.15, -0.1) is 0 Å². The second kappa shape index (κ2) is 20.0. The highest BCUT2D eigenvalue weighted by Gasteiger charge is 2.03. The lowest BCUT2D eigenvalue weighted by Crippen LogP contribution is -1.96. The molecule has 1 aromatic heterocycles. The summed E-state index contributed by atoms with van der Waals surface area (Å²) in [6.45, 7) is 6.78. The van der Waals surface area contributed by atoms with Gasteiger partial charge in [-0.1, -0.05) is 102 Å². The third-order valence-electron chi connectivity index (χ3n) is 6.18. The summed E-state index contributed by atoms with van der Waals surface area (Å²) in [6, 6.07) is 8.64. The Morgan fingerprint density at radius 3 is 2.11 bits per heavy atom. The Balaban J connectivity index is 1.58. The van der Waals surface area contributed by atoms with Crippen LogP contribution in [0.4, 0.5) is 0 Å². The summed E-state index contributed by atoms with van der Waals surface area (Å²) in [6.07, 6.45) is 25.6. The minimum absolute atomic E-state index is 0.569. The molecule has 1 aromatic carbocycles. The smallest absolute Gasteiger partial charge is 0.159 e. The van der Waals surface area contributed by atoms with Crippen molar-refractivity contribution in [2.45, 2.75) is 104 Å². The van der Waals surface area contributed by atoms with Crippen molar-refractivity contribution in [3.8, 4) is 17.1 Å². The van der Waals surface area contributed by atoms with Gasteiger partial charge < -0.3 is 9.47 Å². The Bertz CT molecular complexity index is 772. The van der Waals surface area contributed by atoms with Crippen molar-refractivity contribution in [2.75, 3.05) is 19.8 Å². The summed E-state index contributed by atoms with van der Waals surface area (Å²) >= 11 is 0. The van der Waals surface area contributed by atoms with Gasteiger partial charge in [0.05, 0.1) is 12.4 Å². The molecule has 0 bridgehead atoms. The molecule has 4 heteroatoms. The van der Waals surface area contributed by atoms with Crippen LogP contribution >= 0.6 is 0 Å². The number of allylic oxidation sites excluding steroid dienone is 1. The van der Waals surface area contributed by atoms with E-state index in [0.717, 1.165) is 43.9 Å². The molecule has 0 aliphatic rings. The number of ether oxygens (including phenoxy) is 2. The largest absolute Gasteiger partial charge is 0.486 e. The number of unbranched alkanes of at least 4 members (excludes halogenated alkanes) is 10. The highest BCUT2D eigenvalue weighted by atomic mass is 16.5. The topological polar surface area (TPSA) is 44.2 Å². The highest BCUT2D eigenvalue weighted by Crippen LogP contribution is 2.18. The van der Waals surface area contributed by atoms with Crippen LogP contribution in [0.1, 0.15) is 103 Å². The number of aromatic nitrogens is 2. The lowest BCUT2D eigenvalue weighted by Gasteiger charge is -2.06. The number of benzene rings is 1. The van der Waals surface area contributed by atoms with E-state index in [2.05, 4.69) is 60.2 Å². The van der Waals surface area contributed by atoms with Gasteiger partial charge in [-0.2, -0.15) is 0 Å². The number of hydrogen-bond donors (Lipinski definition) is 0. The zero-order chi connectivity index (χ0) is 24.8. The van der Waals surface area contributed by atoms with Gasteiger partial charge in [0.2, 0.25) is 0 Å². The van der Waals surface area contributed by atoms with Crippen LogP contribution in [-0.2, 0) is 11.2 Å². The van der Waals surface area contributed by atoms with Gasteiger partial charge in [-0.05, 0) is 44.1 Å². The Labute approximate surface area is 214 Å². The molecular weight excluding hydrogens is 432 g/mol. The second-order valence-corrected chi connectivity index (χ2v) is 9.41. The maximum Gasteiger partial charge on any atom is 0.159 e. The molecule has 0 N–H and O–H groups in total. The predicted molar refractivity (Wildman–Crippen MR) is 148 cm³/mol. The maximum atomic E-state index is 5.76.